The number of rotatable bonds is 10. The quantitative estimate of drug-likeness (QED) is 0.238. The number of hydrogen-bond acceptors (Lipinski definition) is 3. The van der Waals surface area contributed by atoms with Crippen molar-refractivity contribution in [2.45, 2.75) is 121 Å². The fraction of sp³-hybridized carbons (Fsp3) is 0.618. The molecule has 0 saturated heterocycles. The first-order valence-corrected chi connectivity index (χ1v) is 15.0. The van der Waals surface area contributed by atoms with Crippen LogP contribution in [0.3, 0.4) is 0 Å². The minimum absolute atomic E-state index is 0.351. The third kappa shape index (κ3) is 7.39. The Bertz CT molecular complexity index is 946. The molecule has 0 heterocycles. The van der Waals surface area contributed by atoms with Crippen molar-refractivity contribution in [2.75, 3.05) is 7.11 Å². The van der Waals surface area contributed by atoms with Gasteiger partial charge >= 0.3 is 6.16 Å². The van der Waals surface area contributed by atoms with E-state index in [1.165, 1.54) is 80.7 Å². The number of ether oxygens (including phenoxy) is 2. The smallest absolute Gasteiger partial charge is 0.438 e. The molecular weight excluding hydrogens is 456 g/mol. The lowest BCUT2D eigenvalue weighted by atomic mass is 9.74. The van der Waals surface area contributed by atoms with Gasteiger partial charge < -0.3 is 9.47 Å². The van der Waals surface area contributed by atoms with Crippen molar-refractivity contribution in [3.63, 3.8) is 0 Å². The van der Waals surface area contributed by atoms with Crippen molar-refractivity contribution in [3.8, 4) is 11.1 Å². The molecule has 3 heteroatoms. The van der Waals surface area contributed by atoms with Crippen molar-refractivity contribution in [2.24, 2.45) is 5.92 Å². The van der Waals surface area contributed by atoms with Crippen LogP contribution in [-0.2, 0) is 9.47 Å². The zero-order valence-electron chi connectivity index (χ0n) is 23.5. The number of benzene rings is 2. The molecule has 0 unspecified atom stereocenters. The second-order valence-electron chi connectivity index (χ2n) is 11.7. The Kier molecular flexibility index (Phi) is 10.1. The summed E-state index contributed by atoms with van der Waals surface area (Å²) in [6.45, 7) is 4.52. The molecule has 37 heavy (non-hydrogen) atoms. The van der Waals surface area contributed by atoms with Gasteiger partial charge in [-0.25, -0.2) is 4.79 Å². The van der Waals surface area contributed by atoms with E-state index in [0.29, 0.717) is 5.92 Å². The molecule has 2 fully saturated rings. The van der Waals surface area contributed by atoms with E-state index < -0.39 is 6.16 Å². The van der Waals surface area contributed by atoms with E-state index in [2.05, 4.69) is 62.4 Å². The maximum atomic E-state index is 11.9. The normalized spacial score (nSPS) is 26.0. The lowest BCUT2D eigenvalue weighted by Gasteiger charge is -2.39. The number of methoxy groups -OCH3 is 1. The Labute approximate surface area is 225 Å². The van der Waals surface area contributed by atoms with Gasteiger partial charge in [-0.2, -0.15) is 0 Å². The Morgan fingerprint density at radius 3 is 1.78 bits per heavy atom. The molecule has 0 amide bonds. The molecule has 2 aromatic carbocycles. The molecule has 0 aromatic heterocycles. The summed E-state index contributed by atoms with van der Waals surface area (Å²) in [4.78, 5) is 11.9. The second kappa shape index (κ2) is 13.5. The highest BCUT2D eigenvalue weighted by Gasteiger charge is 2.39. The van der Waals surface area contributed by atoms with E-state index in [1.807, 2.05) is 0 Å². The molecule has 2 aliphatic carbocycles. The van der Waals surface area contributed by atoms with Gasteiger partial charge in [0.2, 0.25) is 0 Å². The van der Waals surface area contributed by atoms with Crippen LogP contribution in [0, 0.1) is 5.92 Å². The van der Waals surface area contributed by atoms with Gasteiger partial charge in [0.25, 0.3) is 0 Å². The summed E-state index contributed by atoms with van der Waals surface area (Å²) in [6.07, 6.45) is 16.0. The Hall–Kier alpha value is -2.29. The van der Waals surface area contributed by atoms with Crippen LogP contribution in [0.2, 0.25) is 0 Å². The standard InChI is InChI=1S/C34H48O3/c1-4-6-7-23-34(37-33(35)36-3)24-21-32(22-25-34)31-19-17-30(18-20-31)29-15-13-28(14-16-29)27-11-9-26(8-5-2)10-12-27/h13-20,26-27,32H,4-12,21-25H2,1-3H3. The first-order valence-electron chi connectivity index (χ1n) is 15.0. The van der Waals surface area contributed by atoms with Gasteiger partial charge in [-0.1, -0.05) is 88.1 Å². The van der Waals surface area contributed by atoms with E-state index in [9.17, 15) is 4.79 Å². The van der Waals surface area contributed by atoms with Crippen molar-refractivity contribution in [1.82, 2.24) is 0 Å². The molecule has 3 nitrogen and oxygen atoms in total. The Morgan fingerprint density at radius 1 is 0.757 bits per heavy atom. The summed E-state index contributed by atoms with van der Waals surface area (Å²) in [5, 5.41) is 0. The second-order valence-corrected chi connectivity index (χ2v) is 11.7. The highest BCUT2D eigenvalue weighted by atomic mass is 16.7. The van der Waals surface area contributed by atoms with Crippen LogP contribution in [0.1, 0.15) is 127 Å². The summed E-state index contributed by atoms with van der Waals surface area (Å²) in [7, 11) is 1.40. The molecular formula is C34H48O3. The van der Waals surface area contributed by atoms with Crippen LogP contribution in [0.4, 0.5) is 4.79 Å². The van der Waals surface area contributed by atoms with Gasteiger partial charge in [0.05, 0.1) is 7.11 Å². The number of unbranched alkanes of at least 4 members (excludes halogenated alkanes) is 2. The average Bonchev–Trinajstić information content (AvgIpc) is 2.94. The summed E-state index contributed by atoms with van der Waals surface area (Å²) in [5.41, 5.74) is 5.18. The fourth-order valence-corrected chi connectivity index (χ4v) is 6.88. The van der Waals surface area contributed by atoms with E-state index in [0.717, 1.165) is 50.4 Å². The minimum Gasteiger partial charge on any atom is -0.438 e. The Balaban J connectivity index is 1.33. The maximum absolute atomic E-state index is 11.9. The van der Waals surface area contributed by atoms with Crippen molar-refractivity contribution in [1.29, 1.82) is 0 Å². The third-order valence-corrected chi connectivity index (χ3v) is 9.24. The Morgan fingerprint density at radius 2 is 1.30 bits per heavy atom. The molecule has 2 aromatic rings. The number of carbonyl (C=O) groups is 1. The highest BCUT2D eigenvalue weighted by Crippen LogP contribution is 2.43. The molecule has 202 valence electrons. The summed E-state index contributed by atoms with van der Waals surface area (Å²) < 4.78 is 10.7. The monoisotopic (exact) mass is 504 g/mol. The third-order valence-electron chi connectivity index (χ3n) is 9.24. The predicted octanol–water partition coefficient (Wildman–Crippen LogP) is 10.2. The maximum Gasteiger partial charge on any atom is 0.508 e. The van der Waals surface area contributed by atoms with Gasteiger partial charge in [-0.05, 0) is 104 Å². The lowest BCUT2D eigenvalue weighted by molar-refractivity contribution is -0.0573. The minimum atomic E-state index is -0.533. The zero-order chi connectivity index (χ0) is 26.1. The van der Waals surface area contributed by atoms with E-state index >= 15 is 0 Å². The van der Waals surface area contributed by atoms with Crippen LogP contribution in [-0.4, -0.2) is 18.9 Å². The SMILES string of the molecule is CCCCCC1(OC(=O)OC)CCC(c2ccc(-c3ccc(C4CCC(CCC)CC4)cc3)cc2)CC1. The van der Waals surface area contributed by atoms with Gasteiger partial charge in [0.1, 0.15) is 5.60 Å². The van der Waals surface area contributed by atoms with Crippen LogP contribution < -0.4 is 0 Å². The topological polar surface area (TPSA) is 35.5 Å². The van der Waals surface area contributed by atoms with E-state index in [4.69, 9.17) is 9.47 Å². The molecule has 0 radical (unpaired) electrons. The number of carbonyl (C=O) groups excluding carboxylic acids is 1. The van der Waals surface area contributed by atoms with Crippen LogP contribution >= 0.6 is 0 Å². The molecule has 0 atom stereocenters. The summed E-state index contributed by atoms with van der Waals surface area (Å²) in [6, 6.07) is 18.6. The molecule has 0 bridgehead atoms. The predicted molar refractivity (Wildman–Crippen MR) is 153 cm³/mol. The van der Waals surface area contributed by atoms with Gasteiger partial charge in [-0.3, -0.25) is 0 Å². The van der Waals surface area contributed by atoms with Crippen LogP contribution in [0.15, 0.2) is 48.5 Å². The number of hydrogen-bond donors (Lipinski definition) is 0. The van der Waals surface area contributed by atoms with Gasteiger partial charge in [-0.15, -0.1) is 0 Å². The molecule has 4 rings (SSSR count). The van der Waals surface area contributed by atoms with Gasteiger partial charge in [0.15, 0.2) is 0 Å². The first kappa shape index (κ1) is 27.7. The molecule has 0 aliphatic heterocycles. The van der Waals surface area contributed by atoms with E-state index in [1.54, 1.807) is 0 Å². The van der Waals surface area contributed by atoms with Crippen molar-refractivity contribution in [3.05, 3.63) is 59.7 Å². The lowest BCUT2D eigenvalue weighted by Crippen LogP contribution is -2.39. The van der Waals surface area contributed by atoms with Crippen molar-refractivity contribution < 1.29 is 14.3 Å². The largest absolute Gasteiger partial charge is 0.508 e. The fourth-order valence-electron chi connectivity index (χ4n) is 6.88. The van der Waals surface area contributed by atoms with Crippen LogP contribution in [0.25, 0.3) is 11.1 Å². The summed E-state index contributed by atoms with van der Waals surface area (Å²) >= 11 is 0. The molecule has 2 aliphatic rings. The highest BCUT2D eigenvalue weighted by molar-refractivity contribution is 5.64. The zero-order valence-corrected chi connectivity index (χ0v) is 23.5. The van der Waals surface area contributed by atoms with Crippen molar-refractivity contribution >= 4 is 6.16 Å². The molecule has 0 spiro atoms. The first-order chi connectivity index (χ1) is 18.1. The average molecular weight is 505 g/mol. The van der Waals surface area contributed by atoms with E-state index in [-0.39, 0.29) is 5.60 Å². The molecule has 0 N–H and O–H groups in total. The summed E-state index contributed by atoms with van der Waals surface area (Å²) in [5.74, 6) is 2.23. The molecule has 2 saturated carbocycles. The van der Waals surface area contributed by atoms with Gasteiger partial charge in [0, 0.05) is 0 Å². The van der Waals surface area contributed by atoms with Crippen LogP contribution in [0.5, 0.6) is 0 Å².